The number of amides is 2. The number of benzene rings is 2. The van der Waals surface area contributed by atoms with Crippen LogP contribution < -0.4 is 10.6 Å². The highest BCUT2D eigenvalue weighted by molar-refractivity contribution is 7.85. The van der Waals surface area contributed by atoms with Crippen molar-refractivity contribution in [3.63, 3.8) is 0 Å². The number of rotatable bonds is 11. The summed E-state index contributed by atoms with van der Waals surface area (Å²) in [5, 5.41) is 6.46. The smallest absolute Gasteiger partial charge is 0.266 e. The first-order chi connectivity index (χ1) is 22.8. The van der Waals surface area contributed by atoms with Gasteiger partial charge in [-0.1, -0.05) is 85.2 Å². The quantitative estimate of drug-likeness (QED) is 0.204. The molecule has 48 heavy (non-hydrogen) atoms. The van der Waals surface area contributed by atoms with Crippen LogP contribution in [0.4, 0.5) is 5.69 Å². The number of carbonyl (C=O) groups excluding carboxylic acids is 2. The Hall–Kier alpha value is -3.46. The van der Waals surface area contributed by atoms with Gasteiger partial charge in [0.2, 0.25) is 11.8 Å². The van der Waals surface area contributed by atoms with E-state index in [-0.39, 0.29) is 18.4 Å². The second-order valence-electron chi connectivity index (χ2n) is 14.2. The van der Waals surface area contributed by atoms with E-state index in [0.717, 1.165) is 46.4 Å². The number of allylic oxidation sites excluding steroid dienone is 6. The zero-order chi connectivity index (χ0) is 34.5. The lowest BCUT2D eigenvalue weighted by atomic mass is 9.69. The fraction of sp³-hybridized carbons (Fsp3) is 0.436. The monoisotopic (exact) mass is 690 g/mol. The Labute approximate surface area is 290 Å². The fourth-order valence-corrected chi connectivity index (χ4v) is 7.63. The number of anilines is 1. The van der Waals surface area contributed by atoms with Gasteiger partial charge in [0.1, 0.15) is 0 Å². The average molecular weight is 691 g/mol. The zero-order valence-corrected chi connectivity index (χ0v) is 29.7. The number of nitrogens with one attached hydrogen (secondary N) is 2. The standard InChI is InChI=1S/C39H47ClN2O5S/c1-26-23-33(40)13-16-35(26)29-11-14-34(15-12-29)42-38(44)36(32-6-4-5-31(25-32)28-17-19-39(2,3)20-18-28)24-27-7-9-30(10-8-27)37(43)41-21-22-48(45,46)47/h6-9,11-16,23,25,28,30,36H,4-5,10,17-22,24H2,1-3H3,(H,41,43)(H,42,44)(H,45,46,47)/t30-,36+/m0/s1. The van der Waals surface area contributed by atoms with E-state index in [4.69, 9.17) is 16.2 Å². The van der Waals surface area contributed by atoms with E-state index in [1.807, 2.05) is 67.6 Å². The van der Waals surface area contributed by atoms with Crippen LogP contribution in [-0.2, 0) is 19.7 Å². The molecule has 1 saturated carbocycles. The van der Waals surface area contributed by atoms with E-state index in [2.05, 4.69) is 36.6 Å². The Morgan fingerprint density at radius 1 is 1.06 bits per heavy atom. The van der Waals surface area contributed by atoms with E-state index < -0.39 is 27.7 Å². The first-order valence-electron chi connectivity index (χ1n) is 16.9. The number of hydrogen-bond donors (Lipinski definition) is 3. The molecular formula is C39H47ClN2O5S. The Bertz CT molecular complexity index is 1740. The van der Waals surface area contributed by atoms with Gasteiger partial charge in [-0.25, -0.2) is 0 Å². The maximum atomic E-state index is 14.1. The van der Waals surface area contributed by atoms with Crippen molar-refractivity contribution in [3.8, 4) is 11.1 Å². The molecule has 9 heteroatoms. The first kappa shape index (κ1) is 35.8. The van der Waals surface area contributed by atoms with Gasteiger partial charge in [0.25, 0.3) is 10.1 Å². The molecule has 3 N–H and O–H groups in total. The number of aryl methyl sites for hydroxylation is 1. The van der Waals surface area contributed by atoms with Crippen molar-refractivity contribution >= 4 is 39.2 Å². The molecule has 0 heterocycles. The lowest BCUT2D eigenvalue weighted by Gasteiger charge is -2.36. The minimum atomic E-state index is -4.15. The highest BCUT2D eigenvalue weighted by Gasteiger charge is 2.31. The van der Waals surface area contributed by atoms with Crippen molar-refractivity contribution in [2.45, 2.75) is 72.1 Å². The maximum Gasteiger partial charge on any atom is 0.266 e. The van der Waals surface area contributed by atoms with Crippen LogP contribution >= 0.6 is 11.6 Å². The van der Waals surface area contributed by atoms with Crippen LogP contribution in [0.2, 0.25) is 5.02 Å². The molecule has 0 saturated heterocycles. The molecule has 0 unspecified atom stereocenters. The summed E-state index contributed by atoms with van der Waals surface area (Å²) in [5.74, 6) is -1.19. The maximum absolute atomic E-state index is 14.1. The number of carbonyl (C=O) groups is 2. The van der Waals surface area contributed by atoms with Gasteiger partial charge in [0.15, 0.2) is 0 Å². The van der Waals surface area contributed by atoms with Gasteiger partial charge in [-0.15, -0.1) is 0 Å². The second-order valence-corrected chi connectivity index (χ2v) is 16.2. The molecular weight excluding hydrogens is 644 g/mol. The summed E-state index contributed by atoms with van der Waals surface area (Å²) in [5.41, 5.74) is 7.82. The van der Waals surface area contributed by atoms with Crippen molar-refractivity contribution in [2.75, 3.05) is 17.6 Å². The summed E-state index contributed by atoms with van der Waals surface area (Å²) in [6.07, 6.45) is 17.9. The number of halogens is 1. The van der Waals surface area contributed by atoms with Gasteiger partial charge in [-0.2, -0.15) is 8.42 Å². The summed E-state index contributed by atoms with van der Waals surface area (Å²) in [6.45, 7) is 6.59. The molecule has 1 fully saturated rings. The molecule has 3 aliphatic rings. The highest BCUT2D eigenvalue weighted by Crippen LogP contribution is 2.43. The predicted molar refractivity (Wildman–Crippen MR) is 194 cm³/mol. The van der Waals surface area contributed by atoms with E-state index in [1.165, 1.54) is 31.3 Å². The third kappa shape index (κ3) is 9.80. The van der Waals surface area contributed by atoms with E-state index in [1.54, 1.807) is 0 Å². The van der Waals surface area contributed by atoms with Crippen LogP contribution in [0.1, 0.15) is 70.8 Å². The van der Waals surface area contributed by atoms with E-state index in [0.29, 0.717) is 29.2 Å². The average Bonchev–Trinajstić information content (AvgIpc) is 3.04. The van der Waals surface area contributed by atoms with Gasteiger partial charge in [0, 0.05) is 17.3 Å². The minimum absolute atomic E-state index is 0.0710. The number of hydrogen-bond acceptors (Lipinski definition) is 4. The van der Waals surface area contributed by atoms with Crippen molar-refractivity contribution in [3.05, 3.63) is 100 Å². The highest BCUT2D eigenvalue weighted by atomic mass is 35.5. The second kappa shape index (κ2) is 15.4. The first-order valence-corrected chi connectivity index (χ1v) is 18.9. The molecule has 0 aliphatic heterocycles. The van der Waals surface area contributed by atoms with Gasteiger partial charge < -0.3 is 10.6 Å². The molecule has 7 nitrogen and oxygen atoms in total. The van der Waals surface area contributed by atoms with Crippen LogP contribution in [-0.4, -0.2) is 37.1 Å². The molecule has 2 amide bonds. The lowest BCUT2D eigenvalue weighted by molar-refractivity contribution is -0.123. The molecule has 2 aromatic carbocycles. The van der Waals surface area contributed by atoms with Crippen LogP contribution in [0.5, 0.6) is 0 Å². The molecule has 2 atom stereocenters. The lowest BCUT2D eigenvalue weighted by Crippen LogP contribution is -2.33. The van der Waals surface area contributed by atoms with Crippen molar-refractivity contribution < 1.29 is 22.6 Å². The Kier molecular flexibility index (Phi) is 11.5. The van der Waals surface area contributed by atoms with Crippen molar-refractivity contribution in [1.82, 2.24) is 5.32 Å². The molecule has 3 aliphatic carbocycles. The zero-order valence-electron chi connectivity index (χ0n) is 28.1. The largest absolute Gasteiger partial charge is 0.354 e. The van der Waals surface area contributed by atoms with E-state index in [9.17, 15) is 18.0 Å². The predicted octanol–water partition coefficient (Wildman–Crippen LogP) is 8.63. The summed E-state index contributed by atoms with van der Waals surface area (Å²) in [4.78, 5) is 26.7. The Balaban J connectivity index is 1.32. The van der Waals surface area contributed by atoms with Crippen LogP contribution in [0.3, 0.4) is 0 Å². The summed E-state index contributed by atoms with van der Waals surface area (Å²) in [6, 6.07) is 13.7. The van der Waals surface area contributed by atoms with Gasteiger partial charge >= 0.3 is 0 Å². The Morgan fingerprint density at radius 2 is 1.79 bits per heavy atom. The molecule has 2 aromatic rings. The van der Waals surface area contributed by atoms with Crippen molar-refractivity contribution in [1.29, 1.82) is 0 Å². The molecule has 0 aromatic heterocycles. The summed E-state index contributed by atoms with van der Waals surface area (Å²) < 4.78 is 31.0. The van der Waals surface area contributed by atoms with Crippen LogP contribution in [0.15, 0.2) is 89.6 Å². The van der Waals surface area contributed by atoms with Gasteiger partial charge in [0.05, 0.1) is 17.6 Å². The van der Waals surface area contributed by atoms with Gasteiger partial charge in [-0.05, 0) is 116 Å². The molecule has 5 rings (SSSR count). The SMILES string of the molecule is Cc1cc(Cl)ccc1-c1ccc(NC(=O)[C@H](CC2=CC[C@@H](C(=O)NCCS(=O)(=O)O)C=C2)C2=CCCC(C3CCC(C)(C)CC3)=C2)cc1. The fourth-order valence-electron chi connectivity index (χ4n) is 7.04. The van der Waals surface area contributed by atoms with E-state index >= 15 is 0 Å². The van der Waals surface area contributed by atoms with Crippen LogP contribution in [0.25, 0.3) is 11.1 Å². The Morgan fingerprint density at radius 3 is 2.44 bits per heavy atom. The topological polar surface area (TPSA) is 113 Å². The van der Waals surface area contributed by atoms with Crippen LogP contribution in [0, 0.1) is 30.1 Å². The normalized spacial score (nSPS) is 20.3. The van der Waals surface area contributed by atoms with Crippen molar-refractivity contribution in [2.24, 2.45) is 23.2 Å². The third-order valence-corrected chi connectivity index (χ3v) is 11.0. The third-order valence-electron chi connectivity index (χ3n) is 10.0. The molecule has 0 spiro atoms. The minimum Gasteiger partial charge on any atom is -0.354 e. The van der Waals surface area contributed by atoms with Gasteiger partial charge in [-0.3, -0.25) is 14.1 Å². The molecule has 0 bridgehead atoms. The molecule has 0 radical (unpaired) electrons. The summed E-state index contributed by atoms with van der Waals surface area (Å²) in [7, 11) is -4.15. The molecule has 256 valence electrons. The summed E-state index contributed by atoms with van der Waals surface area (Å²) >= 11 is 6.16.